The van der Waals surface area contributed by atoms with Crippen molar-refractivity contribution in [3.63, 3.8) is 0 Å². The fraction of sp³-hybridized carbons (Fsp3) is 0.353. The van der Waals surface area contributed by atoms with E-state index < -0.39 is 11.6 Å². The molecule has 2 atom stereocenters. The molecule has 0 saturated heterocycles. The maximum absolute atomic E-state index is 11.6. The quantitative estimate of drug-likeness (QED) is 0.246. The largest absolute Gasteiger partial charge is 0.501 e. The first-order valence-electron chi connectivity index (χ1n) is 14.5. The van der Waals surface area contributed by atoms with Gasteiger partial charge in [0, 0.05) is 12.8 Å². The van der Waals surface area contributed by atoms with Crippen molar-refractivity contribution in [2.45, 2.75) is 51.2 Å². The van der Waals surface area contributed by atoms with Gasteiger partial charge in [0.15, 0.2) is 23.0 Å². The van der Waals surface area contributed by atoms with Gasteiger partial charge in [0.25, 0.3) is 0 Å². The second kappa shape index (κ2) is 14.1. The van der Waals surface area contributed by atoms with Gasteiger partial charge in [-0.25, -0.2) is 9.59 Å². The lowest BCUT2D eigenvalue weighted by atomic mass is 9.96. The zero-order chi connectivity index (χ0) is 30.9. The summed E-state index contributed by atoms with van der Waals surface area (Å²) < 4.78 is 42.7. The number of cyclic esters (lactones) is 2. The first kappa shape index (κ1) is 30.6. The fourth-order valence-corrected chi connectivity index (χ4v) is 4.74. The van der Waals surface area contributed by atoms with Gasteiger partial charge in [-0.2, -0.15) is 0 Å². The second-order valence-electron chi connectivity index (χ2n) is 10.6. The lowest BCUT2D eigenvalue weighted by molar-refractivity contribution is -0.150. The van der Waals surface area contributed by atoms with Crippen LogP contribution in [-0.2, 0) is 28.5 Å². The van der Waals surface area contributed by atoms with Crippen molar-refractivity contribution in [3.05, 3.63) is 83.3 Å². The van der Waals surface area contributed by atoms with E-state index in [2.05, 4.69) is 6.92 Å². The van der Waals surface area contributed by atoms with Crippen LogP contribution >= 0.6 is 0 Å². The summed E-state index contributed by atoms with van der Waals surface area (Å²) in [7, 11) is 1.55. The van der Waals surface area contributed by atoms with Crippen molar-refractivity contribution < 1.29 is 47.5 Å². The molecule has 0 aromatic heterocycles. The molecule has 0 spiro atoms. The van der Waals surface area contributed by atoms with E-state index in [1.54, 1.807) is 7.11 Å². The summed E-state index contributed by atoms with van der Waals surface area (Å²) in [6.45, 7) is 5.09. The Morgan fingerprint density at radius 3 is 2.16 bits per heavy atom. The lowest BCUT2D eigenvalue weighted by Gasteiger charge is -2.29. The summed E-state index contributed by atoms with van der Waals surface area (Å²) in [6, 6.07) is 11.4. The number of benzene rings is 2. The zero-order valence-electron chi connectivity index (χ0n) is 25.0. The average Bonchev–Trinajstić information content (AvgIpc) is 3.68. The van der Waals surface area contributed by atoms with Crippen molar-refractivity contribution in [3.8, 4) is 23.0 Å². The number of hydrogen-bond acceptors (Lipinski definition) is 10. The van der Waals surface area contributed by atoms with Crippen LogP contribution in [0.3, 0.4) is 0 Å². The maximum atomic E-state index is 11.6. The Morgan fingerprint density at radius 2 is 1.50 bits per heavy atom. The van der Waals surface area contributed by atoms with Crippen LogP contribution in [0.4, 0.5) is 0 Å². The van der Waals surface area contributed by atoms with Gasteiger partial charge in [-0.3, -0.25) is 0 Å². The Labute approximate surface area is 256 Å². The van der Waals surface area contributed by atoms with Gasteiger partial charge >= 0.3 is 11.9 Å². The molecule has 4 aliphatic heterocycles. The smallest absolute Gasteiger partial charge is 0.335 e. The molecule has 0 saturated carbocycles. The predicted molar refractivity (Wildman–Crippen MR) is 161 cm³/mol. The number of fused-ring (bicyclic) bond motifs is 2. The van der Waals surface area contributed by atoms with Gasteiger partial charge < -0.3 is 37.9 Å². The highest BCUT2D eigenvalue weighted by atomic mass is 16.7. The van der Waals surface area contributed by atoms with Crippen LogP contribution in [0.15, 0.2) is 72.2 Å². The van der Waals surface area contributed by atoms with Crippen LogP contribution in [0, 0.1) is 0 Å². The molecule has 44 heavy (non-hydrogen) atoms. The number of rotatable bonds is 9. The molecular weight excluding hydrogens is 568 g/mol. The molecule has 0 bridgehead atoms. The summed E-state index contributed by atoms with van der Waals surface area (Å²) in [5.41, 5.74) is 1.20. The first-order valence-corrected chi connectivity index (χ1v) is 14.5. The minimum atomic E-state index is -0.715. The Balaban J connectivity index is 0.000000175. The van der Waals surface area contributed by atoms with Gasteiger partial charge in [-0.15, -0.1) is 0 Å². The van der Waals surface area contributed by atoms with Crippen molar-refractivity contribution >= 4 is 24.1 Å². The van der Waals surface area contributed by atoms with Crippen molar-refractivity contribution in [2.75, 3.05) is 27.3 Å². The highest BCUT2D eigenvalue weighted by Gasteiger charge is 2.32. The Kier molecular flexibility index (Phi) is 9.79. The van der Waals surface area contributed by atoms with E-state index >= 15 is 0 Å². The second-order valence-corrected chi connectivity index (χ2v) is 10.6. The maximum Gasteiger partial charge on any atom is 0.335 e. The number of ether oxygens (including phenoxy) is 8. The van der Waals surface area contributed by atoms with E-state index in [0.717, 1.165) is 47.0 Å². The molecule has 2 unspecified atom stereocenters. The molecule has 10 nitrogen and oxygen atoms in total. The van der Waals surface area contributed by atoms with E-state index in [1.807, 2.05) is 67.6 Å². The molecule has 6 rings (SSSR count). The fourth-order valence-electron chi connectivity index (χ4n) is 4.74. The number of unbranched alkanes of at least 4 members (excludes halogenated alkanes) is 1. The molecular formula is C34H36O10. The van der Waals surface area contributed by atoms with Crippen LogP contribution in [0.25, 0.3) is 12.2 Å². The van der Waals surface area contributed by atoms with Crippen molar-refractivity contribution in [1.82, 2.24) is 0 Å². The SMILES string of the molecule is CCCCOC1=CC(=O)OC(/C=C/c2ccc3c(c2)OCO3)C1.COC1=CC(=O)OC(C)(/C=C/c2ccc3c(c2)OCO3)C1. The number of esters is 2. The molecule has 4 heterocycles. The summed E-state index contributed by atoms with van der Waals surface area (Å²) >= 11 is 0. The summed E-state index contributed by atoms with van der Waals surface area (Å²) in [4.78, 5) is 23.2. The Hall–Kier alpha value is -4.86. The van der Waals surface area contributed by atoms with Crippen molar-refractivity contribution in [1.29, 1.82) is 0 Å². The topological polar surface area (TPSA) is 108 Å². The predicted octanol–water partition coefficient (Wildman–Crippen LogP) is 6.11. The monoisotopic (exact) mass is 604 g/mol. The average molecular weight is 605 g/mol. The number of carbonyl (C=O) groups excluding carboxylic acids is 2. The van der Waals surface area contributed by atoms with Crippen LogP contribution in [0.1, 0.15) is 50.7 Å². The van der Waals surface area contributed by atoms with E-state index in [0.29, 0.717) is 31.0 Å². The summed E-state index contributed by atoms with van der Waals surface area (Å²) in [5.74, 6) is 3.50. The van der Waals surface area contributed by atoms with Crippen LogP contribution in [-0.4, -0.2) is 50.9 Å². The van der Waals surface area contributed by atoms with E-state index in [-0.39, 0.29) is 25.7 Å². The van der Waals surface area contributed by atoms with Crippen molar-refractivity contribution in [2.24, 2.45) is 0 Å². The van der Waals surface area contributed by atoms with Gasteiger partial charge in [0.05, 0.1) is 25.9 Å². The minimum Gasteiger partial charge on any atom is -0.501 e. The lowest BCUT2D eigenvalue weighted by Crippen LogP contribution is -2.33. The number of methoxy groups -OCH3 is 1. The molecule has 0 amide bonds. The van der Waals surface area contributed by atoms with Crippen LogP contribution < -0.4 is 18.9 Å². The molecule has 10 heteroatoms. The molecule has 0 aliphatic carbocycles. The minimum absolute atomic E-state index is 0.250. The Bertz CT molecular complexity index is 1490. The van der Waals surface area contributed by atoms with Crippen LogP contribution in [0.5, 0.6) is 23.0 Å². The molecule has 2 aromatic rings. The first-order chi connectivity index (χ1) is 21.3. The normalized spacial score (nSPS) is 21.7. The zero-order valence-corrected chi connectivity index (χ0v) is 25.0. The van der Waals surface area contributed by atoms with Gasteiger partial charge in [0.2, 0.25) is 13.6 Å². The van der Waals surface area contributed by atoms with Gasteiger partial charge in [0.1, 0.15) is 23.2 Å². The van der Waals surface area contributed by atoms with Gasteiger partial charge in [-0.1, -0.05) is 37.6 Å². The van der Waals surface area contributed by atoms with Crippen LogP contribution in [0.2, 0.25) is 0 Å². The van der Waals surface area contributed by atoms with E-state index in [4.69, 9.17) is 37.9 Å². The number of hydrogen-bond donors (Lipinski definition) is 0. The highest BCUT2D eigenvalue weighted by Crippen LogP contribution is 2.35. The highest BCUT2D eigenvalue weighted by molar-refractivity contribution is 5.84. The molecule has 0 fully saturated rings. The third-order valence-electron chi connectivity index (χ3n) is 7.06. The molecule has 0 radical (unpaired) electrons. The Morgan fingerprint density at radius 1 is 0.864 bits per heavy atom. The van der Waals surface area contributed by atoms with E-state index in [1.165, 1.54) is 12.2 Å². The standard InChI is InChI=1S/C18H20O5.C16H16O5/c1-2-3-8-20-15-10-14(23-18(19)11-15)6-4-13-5-7-16-17(9-13)22-12-21-16;1-16(9-12(18-2)8-15(17)21-16)6-5-11-3-4-13-14(7-11)20-10-19-13/h4-7,9,11,14H,2-3,8,10,12H2,1H3;3-8H,9-10H2,1-2H3/b6-4+;6-5+. The third-order valence-corrected chi connectivity index (χ3v) is 7.06. The summed E-state index contributed by atoms with van der Waals surface area (Å²) in [5, 5.41) is 0. The molecule has 2 aromatic carbocycles. The van der Waals surface area contributed by atoms with E-state index in [9.17, 15) is 9.59 Å². The van der Waals surface area contributed by atoms with Gasteiger partial charge in [-0.05, 0) is 60.9 Å². The third kappa shape index (κ3) is 8.15. The molecule has 232 valence electrons. The molecule has 0 N–H and O–H groups in total. The summed E-state index contributed by atoms with van der Waals surface area (Å²) in [6.07, 6.45) is 13.1. The molecule has 4 aliphatic rings. The number of carbonyl (C=O) groups is 2.